The first-order valence-electron chi connectivity index (χ1n) is 11.7. The molecule has 35 heavy (non-hydrogen) atoms. The smallest absolute Gasteiger partial charge is 0.347 e. The van der Waals surface area contributed by atoms with Crippen molar-refractivity contribution < 1.29 is 14.7 Å². The Kier molecular flexibility index (Phi) is 8.66. The minimum absolute atomic E-state index is 0. The zero-order valence-corrected chi connectivity index (χ0v) is 19.9. The van der Waals surface area contributed by atoms with Crippen molar-refractivity contribution >= 4 is 27.8 Å². The summed E-state index contributed by atoms with van der Waals surface area (Å²) in [6, 6.07) is 22.6. The van der Waals surface area contributed by atoms with Crippen LogP contribution in [0.3, 0.4) is 0 Å². The molecule has 4 rings (SSSR count). The zero-order chi connectivity index (χ0) is 24.1. The molecule has 0 bridgehead atoms. The van der Waals surface area contributed by atoms with Crippen LogP contribution in [0.5, 0.6) is 0 Å². The summed E-state index contributed by atoms with van der Waals surface area (Å²) >= 11 is 0. The third-order valence-electron chi connectivity index (χ3n) is 6.23. The van der Waals surface area contributed by atoms with Crippen LogP contribution in [0.4, 0.5) is 0 Å². The molecular weight excluding hydrogens is 438 g/mol. The maximum atomic E-state index is 11.3. The Hall–Kier alpha value is -3.64. The van der Waals surface area contributed by atoms with Gasteiger partial charge in [-0.15, -0.1) is 0 Å². The summed E-state index contributed by atoms with van der Waals surface area (Å²) in [5.41, 5.74) is 5.82. The van der Waals surface area contributed by atoms with E-state index in [0.717, 1.165) is 47.9 Å². The number of carboxylic acid groups (broad SMARTS) is 1. The lowest BCUT2D eigenvalue weighted by Gasteiger charge is -2.19. The van der Waals surface area contributed by atoms with E-state index < -0.39 is 12.1 Å². The molecular formula is C29H35N3O3. The van der Waals surface area contributed by atoms with Gasteiger partial charge in [0.25, 0.3) is 0 Å². The van der Waals surface area contributed by atoms with Gasteiger partial charge in [-0.2, -0.15) is 0 Å². The van der Waals surface area contributed by atoms with E-state index in [-0.39, 0.29) is 7.43 Å². The standard InChI is InChI=1S/C28H31N3O3.CH4/c1-19-14-15-24-26(30-34-21(3)28(32)33)23-12-7-8-13-25(23)31(27(24)20(19)2)17-9-16-29-18-22-10-5-4-6-11-22;/h4-8,10-15,21,29H,9,16-18H2,1-3H3,(H,32,33);1H4/b30-26+;. The molecule has 6 heteroatoms. The van der Waals surface area contributed by atoms with Crippen molar-refractivity contribution in [1.29, 1.82) is 0 Å². The van der Waals surface area contributed by atoms with Crippen molar-refractivity contribution in [3.05, 3.63) is 88.8 Å². The zero-order valence-electron chi connectivity index (χ0n) is 19.9. The molecule has 0 saturated carbocycles. The second-order valence-electron chi connectivity index (χ2n) is 8.61. The highest BCUT2D eigenvalue weighted by molar-refractivity contribution is 5.95. The van der Waals surface area contributed by atoms with Crippen molar-refractivity contribution in [1.82, 2.24) is 9.88 Å². The van der Waals surface area contributed by atoms with Gasteiger partial charge >= 0.3 is 5.97 Å². The van der Waals surface area contributed by atoms with Crippen LogP contribution in [0.15, 0.2) is 71.9 Å². The summed E-state index contributed by atoms with van der Waals surface area (Å²) in [5, 5.41) is 19.7. The fourth-order valence-corrected chi connectivity index (χ4v) is 4.21. The maximum Gasteiger partial charge on any atom is 0.347 e. The third kappa shape index (κ3) is 5.72. The van der Waals surface area contributed by atoms with E-state index in [1.165, 1.54) is 23.6 Å². The summed E-state index contributed by atoms with van der Waals surface area (Å²) in [6.45, 7) is 8.31. The van der Waals surface area contributed by atoms with Gasteiger partial charge in [0.2, 0.25) is 6.10 Å². The van der Waals surface area contributed by atoms with Crippen LogP contribution in [0.25, 0.3) is 21.8 Å². The molecule has 184 valence electrons. The molecule has 0 fully saturated rings. The summed E-state index contributed by atoms with van der Waals surface area (Å²) < 4.78 is 2.36. The molecule has 0 radical (unpaired) electrons. The molecule has 0 saturated heterocycles. The van der Waals surface area contributed by atoms with Crippen molar-refractivity contribution in [2.75, 3.05) is 6.54 Å². The lowest BCUT2D eigenvalue weighted by Crippen LogP contribution is -2.21. The number of fused-ring (bicyclic) bond motifs is 2. The SMILES string of the molecule is C.Cc1ccc2/c(=N/OC(C)C(=O)O)c3ccccc3n(CCCNCc3ccccc3)c2c1C. The number of aromatic nitrogens is 1. The van der Waals surface area contributed by atoms with Crippen LogP contribution in [-0.4, -0.2) is 28.3 Å². The highest BCUT2D eigenvalue weighted by Gasteiger charge is 2.15. The van der Waals surface area contributed by atoms with Crippen LogP contribution < -0.4 is 10.7 Å². The average Bonchev–Trinajstić information content (AvgIpc) is 2.85. The van der Waals surface area contributed by atoms with Gasteiger partial charge in [0.05, 0.1) is 11.0 Å². The fourth-order valence-electron chi connectivity index (χ4n) is 4.21. The Balaban J connectivity index is 0.00000342. The average molecular weight is 474 g/mol. The van der Waals surface area contributed by atoms with Gasteiger partial charge in [-0.1, -0.05) is 73.2 Å². The molecule has 6 nitrogen and oxygen atoms in total. The number of hydrogen-bond acceptors (Lipinski definition) is 4. The molecule has 1 atom stereocenters. The van der Waals surface area contributed by atoms with E-state index in [1.807, 2.05) is 24.3 Å². The number of pyridine rings is 1. The molecule has 0 amide bonds. The first-order chi connectivity index (χ1) is 16.5. The molecule has 3 aromatic carbocycles. The molecule has 1 unspecified atom stereocenters. The monoisotopic (exact) mass is 473 g/mol. The molecule has 1 aromatic heterocycles. The normalized spacial score (nSPS) is 12.5. The molecule has 0 aliphatic heterocycles. The number of hydrogen-bond donors (Lipinski definition) is 2. The Labute approximate surface area is 206 Å². The van der Waals surface area contributed by atoms with Crippen molar-refractivity contribution in [2.45, 2.75) is 53.8 Å². The fraction of sp³-hybridized carbons (Fsp3) is 0.310. The Morgan fingerprint density at radius 1 is 1.03 bits per heavy atom. The summed E-state index contributed by atoms with van der Waals surface area (Å²) in [4.78, 5) is 16.6. The van der Waals surface area contributed by atoms with Crippen LogP contribution in [-0.2, 0) is 22.7 Å². The van der Waals surface area contributed by atoms with Crippen molar-refractivity contribution in [3.8, 4) is 0 Å². The van der Waals surface area contributed by atoms with E-state index in [2.05, 4.69) is 71.4 Å². The molecule has 4 aromatic rings. The number of carbonyl (C=O) groups is 1. The topological polar surface area (TPSA) is 75.8 Å². The number of carboxylic acids is 1. The van der Waals surface area contributed by atoms with Gasteiger partial charge in [0.1, 0.15) is 5.36 Å². The Morgan fingerprint density at radius 2 is 1.74 bits per heavy atom. The van der Waals surface area contributed by atoms with Crippen LogP contribution in [0, 0.1) is 13.8 Å². The number of aryl methyl sites for hydroxylation is 3. The second-order valence-corrected chi connectivity index (χ2v) is 8.61. The van der Waals surface area contributed by atoms with Gasteiger partial charge in [-0.3, -0.25) is 0 Å². The summed E-state index contributed by atoms with van der Waals surface area (Å²) in [6.07, 6.45) is -0.0594. The largest absolute Gasteiger partial charge is 0.478 e. The summed E-state index contributed by atoms with van der Waals surface area (Å²) in [7, 11) is 0. The predicted molar refractivity (Wildman–Crippen MR) is 142 cm³/mol. The quantitative estimate of drug-likeness (QED) is 0.190. The van der Waals surface area contributed by atoms with Gasteiger partial charge < -0.3 is 19.8 Å². The second kappa shape index (κ2) is 11.7. The van der Waals surface area contributed by atoms with Gasteiger partial charge in [0.15, 0.2) is 0 Å². The molecule has 1 heterocycles. The summed E-state index contributed by atoms with van der Waals surface area (Å²) in [5.74, 6) is -1.04. The number of nitrogens with one attached hydrogen (secondary N) is 1. The van der Waals surface area contributed by atoms with Gasteiger partial charge in [0, 0.05) is 23.9 Å². The first kappa shape index (κ1) is 26.0. The van der Waals surface area contributed by atoms with E-state index >= 15 is 0 Å². The predicted octanol–water partition coefficient (Wildman–Crippen LogP) is 5.53. The lowest BCUT2D eigenvalue weighted by atomic mass is 10.0. The number of aliphatic carboxylic acids is 1. The van der Waals surface area contributed by atoms with E-state index in [0.29, 0.717) is 5.36 Å². The van der Waals surface area contributed by atoms with E-state index in [4.69, 9.17) is 4.84 Å². The van der Waals surface area contributed by atoms with Crippen molar-refractivity contribution in [3.63, 3.8) is 0 Å². The van der Waals surface area contributed by atoms with E-state index in [9.17, 15) is 9.90 Å². The molecule has 0 spiro atoms. The Morgan fingerprint density at radius 3 is 2.49 bits per heavy atom. The number of rotatable bonds is 9. The van der Waals surface area contributed by atoms with Crippen LogP contribution >= 0.6 is 0 Å². The number of nitrogens with zero attached hydrogens (tertiary/aromatic N) is 2. The maximum absolute atomic E-state index is 11.3. The number of benzene rings is 3. The molecule has 0 aliphatic carbocycles. The molecule has 0 aliphatic rings. The Bertz CT molecular complexity index is 1380. The first-order valence-corrected chi connectivity index (χ1v) is 11.7. The highest BCUT2D eigenvalue weighted by atomic mass is 16.6. The van der Waals surface area contributed by atoms with Crippen LogP contribution in [0.1, 0.15) is 37.5 Å². The minimum atomic E-state index is -1.04. The third-order valence-corrected chi connectivity index (χ3v) is 6.23. The minimum Gasteiger partial charge on any atom is -0.478 e. The van der Waals surface area contributed by atoms with Crippen molar-refractivity contribution in [2.24, 2.45) is 5.16 Å². The van der Waals surface area contributed by atoms with E-state index in [1.54, 1.807) is 0 Å². The lowest BCUT2D eigenvalue weighted by molar-refractivity contribution is -0.149. The molecule has 2 N–H and O–H groups in total. The van der Waals surface area contributed by atoms with Gasteiger partial charge in [-0.05, 0) is 56.5 Å². The van der Waals surface area contributed by atoms with Gasteiger partial charge in [-0.25, -0.2) is 4.79 Å². The highest BCUT2D eigenvalue weighted by Crippen LogP contribution is 2.25. The number of para-hydroxylation sites is 1. The van der Waals surface area contributed by atoms with Crippen LogP contribution in [0.2, 0.25) is 0 Å².